The Morgan fingerprint density at radius 1 is 1.33 bits per heavy atom. The van der Waals surface area contributed by atoms with Gasteiger partial charge in [-0.1, -0.05) is 12.1 Å². The van der Waals surface area contributed by atoms with E-state index in [9.17, 15) is 14.9 Å². The highest BCUT2D eigenvalue weighted by Crippen LogP contribution is 2.28. The molecule has 0 aliphatic rings. The third-order valence-corrected chi connectivity index (χ3v) is 2.86. The fourth-order valence-electron chi connectivity index (χ4n) is 1.93. The van der Waals surface area contributed by atoms with E-state index in [0.29, 0.717) is 5.69 Å². The Labute approximate surface area is 120 Å². The number of carboxylic acids is 1. The number of pyridine rings is 1. The van der Waals surface area contributed by atoms with Crippen LogP contribution in [0.25, 0.3) is 0 Å². The van der Waals surface area contributed by atoms with Crippen LogP contribution in [0.5, 0.6) is 0 Å². The molecule has 21 heavy (non-hydrogen) atoms. The summed E-state index contributed by atoms with van der Waals surface area (Å²) in [4.78, 5) is 25.8. The summed E-state index contributed by atoms with van der Waals surface area (Å²) in [6.07, 6.45) is 0. The molecule has 108 valence electrons. The first-order valence-corrected chi connectivity index (χ1v) is 6.16. The molecule has 0 bridgehead atoms. The summed E-state index contributed by atoms with van der Waals surface area (Å²) in [5, 5.41) is 23.0. The number of carbonyl (C=O) groups is 1. The number of rotatable bonds is 5. The molecule has 0 aliphatic heterocycles. The number of aromatic nitrogens is 1. The number of para-hydroxylation sites is 1. The molecular formula is C14H13N3O4. The van der Waals surface area contributed by atoms with E-state index in [0.717, 1.165) is 5.69 Å². The predicted octanol–water partition coefficient (Wildman–Crippen LogP) is 2.61. The summed E-state index contributed by atoms with van der Waals surface area (Å²) in [5.74, 6) is -1.22. The number of nitrogens with one attached hydrogen (secondary N) is 1. The van der Waals surface area contributed by atoms with E-state index in [1.165, 1.54) is 18.2 Å². The number of aromatic carboxylic acids is 1. The molecular weight excluding hydrogens is 274 g/mol. The zero-order valence-corrected chi connectivity index (χ0v) is 11.2. The van der Waals surface area contributed by atoms with Gasteiger partial charge in [-0.05, 0) is 25.1 Å². The minimum atomic E-state index is -1.22. The fourth-order valence-corrected chi connectivity index (χ4v) is 1.93. The van der Waals surface area contributed by atoms with Gasteiger partial charge in [0.05, 0.1) is 22.7 Å². The minimum Gasteiger partial charge on any atom is -0.478 e. The van der Waals surface area contributed by atoms with Crippen molar-refractivity contribution < 1.29 is 14.8 Å². The number of hydrogen-bond donors (Lipinski definition) is 2. The molecule has 0 amide bonds. The average molecular weight is 287 g/mol. The predicted molar refractivity (Wildman–Crippen MR) is 76.4 cm³/mol. The van der Waals surface area contributed by atoms with Crippen LogP contribution in [0.3, 0.4) is 0 Å². The van der Waals surface area contributed by atoms with Crippen LogP contribution in [0.15, 0.2) is 36.4 Å². The van der Waals surface area contributed by atoms with Gasteiger partial charge in [0.2, 0.25) is 0 Å². The monoisotopic (exact) mass is 287 g/mol. The summed E-state index contributed by atoms with van der Waals surface area (Å²) in [7, 11) is 0. The highest BCUT2D eigenvalue weighted by atomic mass is 16.6. The Kier molecular flexibility index (Phi) is 4.13. The van der Waals surface area contributed by atoms with E-state index in [1.807, 2.05) is 19.1 Å². The molecule has 0 atom stereocenters. The Bertz CT molecular complexity index is 668. The normalized spacial score (nSPS) is 10.1. The molecule has 7 nitrogen and oxygen atoms in total. The smallest absolute Gasteiger partial charge is 0.338 e. The third-order valence-electron chi connectivity index (χ3n) is 2.86. The molecule has 0 aliphatic carbocycles. The van der Waals surface area contributed by atoms with E-state index >= 15 is 0 Å². The lowest BCUT2D eigenvalue weighted by atomic mass is 10.1. The van der Waals surface area contributed by atoms with Crippen molar-refractivity contribution >= 4 is 17.3 Å². The molecule has 0 spiro atoms. The van der Waals surface area contributed by atoms with E-state index in [1.54, 1.807) is 6.07 Å². The second-order valence-electron chi connectivity index (χ2n) is 4.39. The van der Waals surface area contributed by atoms with Gasteiger partial charge in [-0.25, -0.2) is 4.79 Å². The Hall–Kier alpha value is -2.96. The molecule has 0 saturated carbocycles. The Morgan fingerprint density at radius 2 is 2.05 bits per heavy atom. The standard InChI is InChI=1S/C14H13N3O4/c1-9-4-2-5-10(16-9)8-15-13-11(14(18)19)6-3-7-12(13)17(20)21/h2-7,15H,8H2,1H3,(H,18,19). The maximum Gasteiger partial charge on any atom is 0.338 e. The zero-order chi connectivity index (χ0) is 15.4. The Morgan fingerprint density at radius 3 is 2.67 bits per heavy atom. The van der Waals surface area contributed by atoms with Crippen molar-refractivity contribution in [1.29, 1.82) is 0 Å². The van der Waals surface area contributed by atoms with Crippen molar-refractivity contribution in [2.45, 2.75) is 13.5 Å². The first-order valence-electron chi connectivity index (χ1n) is 6.16. The minimum absolute atomic E-state index is 0.0155. The number of hydrogen-bond acceptors (Lipinski definition) is 5. The van der Waals surface area contributed by atoms with Crippen LogP contribution in [0.1, 0.15) is 21.7 Å². The third kappa shape index (κ3) is 3.33. The molecule has 0 radical (unpaired) electrons. The summed E-state index contributed by atoms with van der Waals surface area (Å²) >= 11 is 0. The second kappa shape index (κ2) is 6.00. The quantitative estimate of drug-likeness (QED) is 0.646. The van der Waals surface area contributed by atoms with Crippen LogP contribution in [0, 0.1) is 17.0 Å². The van der Waals surface area contributed by atoms with Gasteiger partial charge in [0.15, 0.2) is 0 Å². The Balaban J connectivity index is 2.33. The molecule has 1 aromatic carbocycles. The molecule has 2 N–H and O–H groups in total. The van der Waals surface area contributed by atoms with Crippen molar-refractivity contribution in [3.05, 3.63) is 63.5 Å². The largest absolute Gasteiger partial charge is 0.478 e. The van der Waals surface area contributed by atoms with Gasteiger partial charge < -0.3 is 10.4 Å². The van der Waals surface area contributed by atoms with Crippen LogP contribution in [0.4, 0.5) is 11.4 Å². The van der Waals surface area contributed by atoms with E-state index in [2.05, 4.69) is 10.3 Å². The van der Waals surface area contributed by atoms with Crippen molar-refractivity contribution in [3.8, 4) is 0 Å². The lowest BCUT2D eigenvalue weighted by molar-refractivity contribution is -0.384. The summed E-state index contributed by atoms with van der Waals surface area (Å²) in [6.45, 7) is 2.03. The van der Waals surface area contributed by atoms with Gasteiger partial charge in [-0.15, -0.1) is 0 Å². The van der Waals surface area contributed by atoms with E-state index in [4.69, 9.17) is 5.11 Å². The molecule has 1 heterocycles. The summed E-state index contributed by atoms with van der Waals surface area (Å²) in [6, 6.07) is 9.33. The number of carboxylic acid groups (broad SMARTS) is 1. The summed E-state index contributed by atoms with van der Waals surface area (Å²) in [5.41, 5.74) is 1.05. The van der Waals surface area contributed by atoms with E-state index < -0.39 is 10.9 Å². The van der Waals surface area contributed by atoms with Crippen LogP contribution in [-0.2, 0) is 6.54 Å². The zero-order valence-electron chi connectivity index (χ0n) is 11.2. The number of nitrogens with zero attached hydrogens (tertiary/aromatic N) is 2. The van der Waals surface area contributed by atoms with Crippen LogP contribution < -0.4 is 5.32 Å². The highest BCUT2D eigenvalue weighted by Gasteiger charge is 2.21. The lowest BCUT2D eigenvalue weighted by Crippen LogP contribution is -2.10. The lowest BCUT2D eigenvalue weighted by Gasteiger charge is -2.10. The van der Waals surface area contributed by atoms with Crippen molar-refractivity contribution in [1.82, 2.24) is 4.98 Å². The number of nitro groups is 1. The summed E-state index contributed by atoms with van der Waals surface area (Å²) < 4.78 is 0. The average Bonchev–Trinajstić information content (AvgIpc) is 2.44. The number of anilines is 1. The van der Waals surface area contributed by atoms with Gasteiger partial charge >= 0.3 is 5.97 Å². The van der Waals surface area contributed by atoms with Gasteiger partial charge in [0.1, 0.15) is 5.69 Å². The SMILES string of the molecule is Cc1cccc(CNc2c(C(=O)O)cccc2[N+](=O)[O-])n1. The second-order valence-corrected chi connectivity index (χ2v) is 4.39. The molecule has 0 fully saturated rings. The molecule has 0 saturated heterocycles. The van der Waals surface area contributed by atoms with Crippen molar-refractivity contribution in [3.63, 3.8) is 0 Å². The van der Waals surface area contributed by atoms with Crippen LogP contribution in [-0.4, -0.2) is 21.0 Å². The topological polar surface area (TPSA) is 105 Å². The molecule has 2 aromatic rings. The maximum absolute atomic E-state index is 11.2. The van der Waals surface area contributed by atoms with Crippen LogP contribution in [0.2, 0.25) is 0 Å². The fraction of sp³-hybridized carbons (Fsp3) is 0.143. The highest BCUT2D eigenvalue weighted by molar-refractivity contribution is 5.96. The van der Waals surface area contributed by atoms with E-state index in [-0.39, 0.29) is 23.5 Å². The molecule has 7 heteroatoms. The molecule has 2 rings (SSSR count). The van der Waals surface area contributed by atoms with Gasteiger partial charge in [0.25, 0.3) is 5.69 Å². The number of benzene rings is 1. The maximum atomic E-state index is 11.2. The van der Waals surface area contributed by atoms with Crippen molar-refractivity contribution in [2.24, 2.45) is 0 Å². The first-order chi connectivity index (χ1) is 9.99. The number of nitro benzene ring substituents is 1. The van der Waals surface area contributed by atoms with Crippen LogP contribution >= 0.6 is 0 Å². The number of aryl methyl sites for hydroxylation is 1. The first kappa shape index (κ1) is 14.4. The van der Waals surface area contributed by atoms with Gasteiger partial charge in [-0.3, -0.25) is 15.1 Å². The molecule has 0 unspecified atom stereocenters. The van der Waals surface area contributed by atoms with Crippen molar-refractivity contribution in [2.75, 3.05) is 5.32 Å². The molecule has 1 aromatic heterocycles. The van der Waals surface area contributed by atoms with Gasteiger partial charge in [-0.2, -0.15) is 0 Å². The van der Waals surface area contributed by atoms with Gasteiger partial charge in [0, 0.05) is 11.8 Å².